The van der Waals surface area contributed by atoms with E-state index in [0.29, 0.717) is 17.3 Å². The van der Waals surface area contributed by atoms with Crippen molar-refractivity contribution in [1.82, 2.24) is 0 Å². The number of carbonyl (C=O) groups is 2. The van der Waals surface area contributed by atoms with E-state index in [-0.39, 0.29) is 0 Å². The quantitative estimate of drug-likeness (QED) is 0.784. The summed E-state index contributed by atoms with van der Waals surface area (Å²) >= 11 is 5.68. The number of carbonyl (C=O) groups excluding carboxylic acids is 1. The molecule has 0 saturated carbocycles. The molecule has 15 heavy (non-hydrogen) atoms. The van der Waals surface area contributed by atoms with Gasteiger partial charge in [-0.05, 0) is 31.2 Å². The topological polar surface area (TPSA) is 57.6 Å². The number of amides is 1. The summed E-state index contributed by atoms with van der Waals surface area (Å²) in [6.45, 7) is 2.00. The first-order valence-electron chi connectivity index (χ1n) is 4.36. The van der Waals surface area contributed by atoms with Gasteiger partial charge in [0, 0.05) is 17.3 Å². The Balaban J connectivity index is 2.97. The Bertz CT molecular complexity index is 375. The number of nitrogens with zero attached hydrogens (tertiary/aromatic N) is 1. The molecule has 4 nitrogen and oxygen atoms in total. The molecule has 0 aliphatic carbocycles. The Morgan fingerprint density at radius 2 is 1.87 bits per heavy atom. The lowest BCUT2D eigenvalue weighted by atomic mass is 10.3. The monoisotopic (exact) mass is 227 g/mol. The van der Waals surface area contributed by atoms with E-state index in [9.17, 15) is 9.59 Å². The second-order valence-corrected chi connectivity index (χ2v) is 3.27. The predicted molar refractivity (Wildman–Crippen MR) is 57.1 cm³/mol. The van der Waals surface area contributed by atoms with Gasteiger partial charge < -0.3 is 10.0 Å². The molecule has 0 fully saturated rings. The number of carboxylic acid groups (broad SMARTS) is 1. The van der Waals surface area contributed by atoms with Crippen LogP contribution in [-0.2, 0) is 9.59 Å². The molecule has 0 heterocycles. The van der Waals surface area contributed by atoms with Crippen LogP contribution in [0, 0.1) is 0 Å². The number of benzene rings is 1. The van der Waals surface area contributed by atoms with Gasteiger partial charge in [-0.1, -0.05) is 11.6 Å². The lowest BCUT2D eigenvalue weighted by Gasteiger charge is -2.18. The molecular weight excluding hydrogens is 218 g/mol. The number of likely N-dealkylation sites (N-methyl/N-ethyl adjacent to an activating group) is 1. The minimum absolute atomic E-state index is 0.298. The second kappa shape index (κ2) is 4.79. The van der Waals surface area contributed by atoms with Crippen LogP contribution in [0.4, 0.5) is 5.69 Å². The molecule has 0 aromatic heterocycles. The van der Waals surface area contributed by atoms with E-state index in [1.165, 1.54) is 4.90 Å². The largest absolute Gasteiger partial charge is 0.474 e. The summed E-state index contributed by atoms with van der Waals surface area (Å²) in [7, 11) is 0. The van der Waals surface area contributed by atoms with Crippen LogP contribution in [0.3, 0.4) is 0 Å². The Labute approximate surface area is 92.1 Å². The van der Waals surface area contributed by atoms with Gasteiger partial charge in [-0.2, -0.15) is 0 Å². The first kappa shape index (κ1) is 11.5. The van der Waals surface area contributed by atoms with Crippen molar-refractivity contribution in [2.45, 2.75) is 6.92 Å². The fraction of sp³-hybridized carbons (Fsp3) is 0.200. The average molecular weight is 228 g/mol. The first-order chi connectivity index (χ1) is 7.06. The Hall–Kier alpha value is -1.55. The molecule has 0 spiro atoms. The molecule has 0 bridgehead atoms. The fourth-order valence-electron chi connectivity index (χ4n) is 1.18. The van der Waals surface area contributed by atoms with Crippen LogP contribution in [0.15, 0.2) is 24.3 Å². The summed E-state index contributed by atoms with van der Waals surface area (Å²) in [6.07, 6.45) is 0. The standard InChI is InChI=1S/C10H10ClNO3/c1-2-12(9(13)10(14)15)8-5-3-7(11)4-6-8/h3-6H,2H2,1H3,(H,14,15). The van der Waals surface area contributed by atoms with Gasteiger partial charge in [0.25, 0.3) is 0 Å². The second-order valence-electron chi connectivity index (χ2n) is 2.83. The minimum atomic E-state index is -1.47. The number of halogens is 1. The molecule has 0 radical (unpaired) electrons. The molecule has 80 valence electrons. The molecule has 1 aromatic rings. The zero-order chi connectivity index (χ0) is 11.4. The van der Waals surface area contributed by atoms with Crippen molar-refractivity contribution >= 4 is 29.2 Å². The highest BCUT2D eigenvalue weighted by Gasteiger charge is 2.20. The molecule has 1 N–H and O–H groups in total. The molecular formula is C10H10ClNO3. The lowest BCUT2D eigenvalue weighted by molar-refractivity contribution is -0.148. The fourth-order valence-corrected chi connectivity index (χ4v) is 1.31. The van der Waals surface area contributed by atoms with Crippen molar-refractivity contribution in [3.05, 3.63) is 29.3 Å². The third-order valence-electron chi connectivity index (χ3n) is 1.88. The van der Waals surface area contributed by atoms with Crippen LogP contribution in [0.25, 0.3) is 0 Å². The molecule has 0 aliphatic rings. The molecule has 5 heteroatoms. The number of hydrogen-bond acceptors (Lipinski definition) is 2. The Morgan fingerprint density at radius 1 is 1.33 bits per heavy atom. The van der Waals surface area contributed by atoms with Crippen molar-refractivity contribution in [2.24, 2.45) is 0 Å². The summed E-state index contributed by atoms with van der Waals surface area (Å²) < 4.78 is 0. The highest BCUT2D eigenvalue weighted by Crippen LogP contribution is 2.17. The number of anilines is 1. The van der Waals surface area contributed by atoms with E-state index < -0.39 is 11.9 Å². The van der Waals surface area contributed by atoms with E-state index in [2.05, 4.69) is 0 Å². The number of hydrogen-bond donors (Lipinski definition) is 1. The summed E-state index contributed by atoms with van der Waals surface area (Å²) in [6, 6.07) is 6.42. The lowest BCUT2D eigenvalue weighted by Crippen LogP contribution is -2.36. The Kier molecular flexibility index (Phi) is 3.68. The molecule has 0 atom stereocenters. The minimum Gasteiger partial charge on any atom is -0.474 e. The van der Waals surface area contributed by atoms with Crippen LogP contribution in [-0.4, -0.2) is 23.5 Å². The summed E-state index contributed by atoms with van der Waals surface area (Å²) in [5.74, 6) is -2.41. The molecule has 0 saturated heterocycles. The zero-order valence-electron chi connectivity index (χ0n) is 8.11. The summed E-state index contributed by atoms with van der Waals surface area (Å²) in [5, 5.41) is 9.12. The average Bonchev–Trinajstić information content (AvgIpc) is 2.21. The highest BCUT2D eigenvalue weighted by atomic mass is 35.5. The van der Waals surface area contributed by atoms with Gasteiger partial charge >= 0.3 is 11.9 Å². The molecule has 1 amide bonds. The van der Waals surface area contributed by atoms with Gasteiger partial charge in [-0.25, -0.2) is 4.79 Å². The number of carboxylic acids is 1. The maximum atomic E-state index is 11.3. The van der Waals surface area contributed by atoms with Crippen LogP contribution >= 0.6 is 11.6 Å². The van der Waals surface area contributed by atoms with Crippen LogP contribution in [0.1, 0.15) is 6.92 Å². The summed E-state index contributed by atoms with van der Waals surface area (Å²) in [5.41, 5.74) is 0.523. The Morgan fingerprint density at radius 3 is 2.27 bits per heavy atom. The third kappa shape index (κ3) is 2.70. The van der Waals surface area contributed by atoms with Gasteiger partial charge in [0.2, 0.25) is 0 Å². The highest BCUT2D eigenvalue weighted by molar-refractivity contribution is 6.37. The van der Waals surface area contributed by atoms with Gasteiger partial charge in [-0.15, -0.1) is 0 Å². The molecule has 1 rings (SSSR count). The van der Waals surface area contributed by atoms with Crippen molar-refractivity contribution in [1.29, 1.82) is 0 Å². The van der Waals surface area contributed by atoms with Gasteiger partial charge in [-0.3, -0.25) is 4.79 Å². The normalized spacial score (nSPS) is 9.73. The van der Waals surface area contributed by atoms with Crippen LogP contribution < -0.4 is 4.90 Å². The molecule has 1 aromatic carbocycles. The summed E-state index contributed by atoms with van der Waals surface area (Å²) in [4.78, 5) is 22.9. The van der Waals surface area contributed by atoms with Crippen LogP contribution in [0.5, 0.6) is 0 Å². The first-order valence-corrected chi connectivity index (χ1v) is 4.74. The maximum Gasteiger partial charge on any atom is 0.394 e. The zero-order valence-corrected chi connectivity index (χ0v) is 8.86. The van der Waals surface area contributed by atoms with Crippen LogP contribution in [0.2, 0.25) is 5.02 Å². The van der Waals surface area contributed by atoms with E-state index in [1.54, 1.807) is 31.2 Å². The van der Waals surface area contributed by atoms with Crippen molar-refractivity contribution < 1.29 is 14.7 Å². The SMILES string of the molecule is CCN(C(=O)C(=O)O)c1ccc(Cl)cc1. The van der Waals surface area contributed by atoms with Gasteiger partial charge in [0.1, 0.15) is 0 Å². The predicted octanol–water partition coefficient (Wildman–Crippen LogP) is 1.78. The van der Waals surface area contributed by atoms with Crippen molar-refractivity contribution in [3.63, 3.8) is 0 Å². The smallest absolute Gasteiger partial charge is 0.394 e. The number of rotatable bonds is 2. The van der Waals surface area contributed by atoms with Gasteiger partial charge in [0.05, 0.1) is 0 Å². The molecule has 0 aliphatic heterocycles. The number of aliphatic carboxylic acids is 1. The van der Waals surface area contributed by atoms with E-state index in [4.69, 9.17) is 16.7 Å². The van der Waals surface area contributed by atoms with E-state index >= 15 is 0 Å². The maximum absolute atomic E-state index is 11.3. The van der Waals surface area contributed by atoms with E-state index in [0.717, 1.165) is 0 Å². The van der Waals surface area contributed by atoms with Gasteiger partial charge in [0.15, 0.2) is 0 Å². The van der Waals surface area contributed by atoms with Crippen molar-refractivity contribution in [3.8, 4) is 0 Å². The third-order valence-corrected chi connectivity index (χ3v) is 2.13. The molecule has 0 unspecified atom stereocenters. The van der Waals surface area contributed by atoms with Crippen molar-refractivity contribution in [2.75, 3.05) is 11.4 Å². The van der Waals surface area contributed by atoms with E-state index in [1.807, 2.05) is 0 Å².